The molecule has 4 aromatic rings. The average Bonchev–Trinajstić information content (AvgIpc) is 3.80. The molecule has 45 heavy (non-hydrogen) atoms. The van der Waals surface area contributed by atoms with Gasteiger partial charge in [-0.3, -0.25) is 14.6 Å². The van der Waals surface area contributed by atoms with Gasteiger partial charge in [0, 0.05) is 74.2 Å². The van der Waals surface area contributed by atoms with Gasteiger partial charge in [0.15, 0.2) is 6.29 Å². The van der Waals surface area contributed by atoms with Crippen molar-refractivity contribution in [3.8, 4) is 11.5 Å². The minimum Gasteiger partial charge on any atom is -0.455 e. The van der Waals surface area contributed by atoms with Crippen LogP contribution in [0.3, 0.4) is 0 Å². The van der Waals surface area contributed by atoms with Gasteiger partial charge >= 0.3 is 0 Å². The molecule has 0 unspecified atom stereocenters. The first kappa shape index (κ1) is 28.8. The molecule has 0 bridgehead atoms. The summed E-state index contributed by atoms with van der Waals surface area (Å²) in [6.07, 6.45) is 12.3. The molecular weight excluding hydrogens is 558 g/mol. The van der Waals surface area contributed by atoms with Crippen molar-refractivity contribution >= 4 is 23.0 Å². The number of fused-ring (bicyclic) bond motifs is 1. The molecule has 2 aromatic carbocycles. The number of piperazine rings is 1. The average molecular weight is 604 g/mol. The molecule has 4 heterocycles. The summed E-state index contributed by atoms with van der Waals surface area (Å²) in [5.41, 5.74) is 6.05. The lowest BCUT2D eigenvalue weighted by Crippen LogP contribution is -2.60. The number of hydrogen-bond donors (Lipinski definition) is 1. The monoisotopic (exact) mass is 603 g/mol. The number of hydrogen-bond acceptors (Lipinski definition) is 6. The Balaban J connectivity index is 0.941. The first-order valence-corrected chi connectivity index (χ1v) is 17.0. The number of rotatable bonds is 8. The zero-order chi connectivity index (χ0) is 30.5. The molecule has 4 fully saturated rings. The Morgan fingerprint density at radius 1 is 0.978 bits per heavy atom. The minimum absolute atomic E-state index is 0.455. The molecule has 1 N–H and O–H groups in total. The van der Waals surface area contributed by atoms with Crippen LogP contribution in [0.4, 0.5) is 5.69 Å². The molecule has 0 radical (unpaired) electrons. The van der Waals surface area contributed by atoms with Crippen LogP contribution in [0.2, 0.25) is 0 Å². The van der Waals surface area contributed by atoms with Gasteiger partial charge in [0.1, 0.15) is 17.1 Å². The lowest BCUT2D eigenvalue weighted by molar-refractivity contribution is -0.0628. The Bertz CT molecular complexity index is 1680. The van der Waals surface area contributed by atoms with Crippen LogP contribution >= 0.6 is 0 Å². The molecule has 2 saturated carbocycles. The maximum atomic E-state index is 11.9. The van der Waals surface area contributed by atoms with Gasteiger partial charge in [-0.05, 0) is 85.3 Å². The molecule has 0 amide bonds. The van der Waals surface area contributed by atoms with E-state index in [2.05, 4.69) is 68.8 Å². The van der Waals surface area contributed by atoms with Crippen LogP contribution in [-0.4, -0.2) is 70.9 Å². The number of pyridine rings is 1. The van der Waals surface area contributed by atoms with E-state index in [1.807, 2.05) is 30.5 Å². The van der Waals surface area contributed by atoms with Gasteiger partial charge in [-0.25, -0.2) is 4.98 Å². The summed E-state index contributed by atoms with van der Waals surface area (Å²) in [5.74, 6) is 1.76. The molecule has 4 aliphatic rings. The van der Waals surface area contributed by atoms with Gasteiger partial charge in [-0.15, -0.1) is 0 Å². The van der Waals surface area contributed by atoms with Crippen molar-refractivity contribution in [1.82, 2.24) is 19.8 Å². The summed E-state index contributed by atoms with van der Waals surface area (Å²) >= 11 is 0. The quantitative estimate of drug-likeness (QED) is 0.210. The summed E-state index contributed by atoms with van der Waals surface area (Å²) in [7, 11) is 0. The molecule has 1 atom stereocenters. The van der Waals surface area contributed by atoms with Crippen molar-refractivity contribution in [1.29, 1.82) is 0 Å². The van der Waals surface area contributed by atoms with Gasteiger partial charge < -0.3 is 14.6 Å². The van der Waals surface area contributed by atoms with E-state index in [1.165, 1.54) is 63.7 Å². The number of aromatic amines is 1. The first-order valence-electron chi connectivity index (χ1n) is 17.0. The molecule has 2 aromatic heterocycles. The molecule has 234 valence electrons. The Labute approximate surface area is 266 Å². The van der Waals surface area contributed by atoms with Crippen LogP contribution in [0.25, 0.3) is 11.0 Å². The van der Waals surface area contributed by atoms with Gasteiger partial charge in [0.05, 0.1) is 11.8 Å². The van der Waals surface area contributed by atoms with Crippen molar-refractivity contribution in [2.45, 2.75) is 76.4 Å². The maximum Gasteiger partial charge on any atom is 0.153 e. The van der Waals surface area contributed by atoms with E-state index in [0.29, 0.717) is 40.5 Å². The smallest absolute Gasteiger partial charge is 0.153 e. The number of benzene rings is 2. The summed E-state index contributed by atoms with van der Waals surface area (Å²) in [6.45, 7) is 10.4. The molecule has 7 heteroatoms. The number of anilines is 1. The Morgan fingerprint density at radius 3 is 2.58 bits per heavy atom. The number of H-pyrrole nitrogens is 1. The van der Waals surface area contributed by atoms with Crippen LogP contribution in [0.1, 0.15) is 85.8 Å². The number of nitrogens with zero attached hydrogens (tertiary/aromatic N) is 4. The maximum absolute atomic E-state index is 11.9. The third-order valence-electron chi connectivity index (χ3n) is 11.2. The number of piperidine rings is 1. The highest BCUT2D eigenvalue weighted by atomic mass is 16.5. The second-order valence-corrected chi connectivity index (χ2v) is 14.3. The Kier molecular flexibility index (Phi) is 7.41. The summed E-state index contributed by atoms with van der Waals surface area (Å²) in [5, 5.41) is 0.983. The van der Waals surface area contributed by atoms with Crippen LogP contribution in [0, 0.1) is 5.41 Å². The third-order valence-corrected chi connectivity index (χ3v) is 11.2. The van der Waals surface area contributed by atoms with Crippen LogP contribution < -0.4 is 9.64 Å². The lowest BCUT2D eigenvalue weighted by Gasteiger charge is -2.58. The number of ether oxygens (including phenoxy) is 1. The molecule has 2 aliphatic heterocycles. The van der Waals surface area contributed by atoms with Gasteiger partial charge in [0.2, 0.25) is 0 Å². The summed E-state index contributed by atoms with van der Waals surface area (Å²) < 4.78 is 6.22. The van der Waals surface area contributed by atoms with Crippen molar-refractivity contribution in [3.05, 3.63) is 83.7 Å². The largest absolute Gasteiger partial charge is 0.455 e. The van der Waals surface area contributed by atoms with E-state index in [9.17, 15) is 4.79 Å². The third kappa shape index (κ3) is 5.55. The summed E-state index contributed by atoms with van der Waals surface area (Å²) in [6, 6.07) is 21.2. The van der Waals surface area contributed by atoms with E-state index in [0.717, 1.165) is 42.1 Å². The predicted octanol–water partition coefficient (Wildman–Crippen LogP) is 7.56. The Hall–Kier alpha value is -3.68. The van der Waals surface area contributed by atoms with E-state index < -0.39 is 0 Å². The van der Waals surface area contributed by atoms with E-state index >= 15 is 0 Å². The highest BCUT2D eigenvalue weighted by Gasteiger charge is 2.50. The first-order chi connectivity index (χ1) is 22.0. The van der Waals surface area contributed by atoms with E-state index in [1.54, 1.807) is 11.8 Å². The number of aldehydes is 1. The zero-order valence-electron chi connectivity index (χ0n) is 26.6. The highest BCUT2D eigenvalue weighted by Crippen LogP contribution is 2.53. The van der Waals surface area contributed by atoms with Crippen LogP contribution in [0.5, 0.6) is 11.5 Å². The molecule has 7 nitrogen and oxygen atoms in total. The van der Waals surface area contributed by atoms with Gasteiger partial charge in [-0.1, -0.05) is 38.1 Å². The molecular formula is C38H45N5O2. The van der Waals surface area contributed by atoms with Crippen LogP contribution in [0.15, 0.2) is 67.0 Å². The SMILES string of the molecule is CC(C)c1ccccc1[C@H]1CN(C2CC2)CCN1C1CC2(CCN(c3ccc(C=O)c(Oc4cnc5[nH]ccc5c4)c3)CC2)C1. The molecule has 2 saturated heterocycles. The van der Waals surface area contributed by atoms with E-state index in [-0.39, 0.29) is 0 Å². The van der Waals surface area contributed by atoms with Crippen molar-refractivity contribution in [3.63, 3.8) is 0 Å². The van der Waals surface area contributed by atoms with Crippen molar-refractivity contribution in [2.24, 2.45) is 5.41 Å². The number of carbonyl (C=O) groups is 1. The number of nitrogens with one attached hydrogen (secondary N) is 1. The fourth-order valence-electron chi connectivity index (χ4n) is 8.47. The fourth-order valence-corrected chi connectivity index (χ4v) is 8.47. The second kappa shape index (κ2) is 11.6. The minimum atomic E-state index is 0.455. The predicted molar refractivity (Wildman–Crippen MR) is 179 cm³/mol. The van der Waals surface area contributed by atoms with Gasteiger partial charge in [-0.2, -0.15) is 0 Å². The lowest BCUT2D eigenvalue weighted by atomic mass is 9.59. The standard InChI is InChI=1S/C38H45N5O2/c1-26(2)33-5-3-4-6-34(33)35-24-42(29-9-10-29)17-18-43(35)31-21-38(22-31)12-15-41(16-13-38)30-8-7-28(25-44)36(20-30)45-32-19-27-11-14-39-37(27)40-23-32/h3-8,11,14,19-20,23,25-26,29,31,35H,9-10,12-13,15-18,21-22,24H2,1-2H3,(H,39,40)/t35-/m1/s1. The van der Waals surface area contributed by atoms with E-state index in [4.69, 9.17) is 4.74 Å². The normalized spacial score (nSPS) is 22.6. The molecule has 1 spiro atoms. The summed E-state index contributed by atoms with van der Waals surface area (Å²) in [4.78, 5) is 27.6. The van der Waals surface area contributed by atoms with Gasteiger partial charge in [0.25, 0.3) is 0 Å². The van der Waals surface area contributed by atoms with Crippen molar-refractivity contribution < 1.29 is 9.53 Å². The topological polar surface area (TPSA) is 64.7 Å². The fraction of sp³-hybridized carbons (Fsp3) is 0.474. The number of aromatic nitrogens is 2. The molecule has 2 aliphatic carbocycles. The Morgan fingerprint density at radius 2 is 1.80 bits per heavy atom. The molecule has 8 rings (SSSR count). The van der Waals surface area contributed by atoms with Crippen LogP contribution in [-0.2, 0) is 0 Å². The zero-order valence-corrected chi connectivity index (χ0v) is 26.6. The second-order valence-electron chi connectivity index (χ2n) is 14.3. The van der Waals surface area contributed by atoms with Crippen molar-refractivity contribution in [2.75, 3.05) is 37.6 Å². The number of carbonyl (C=O) groups excluding carboxylic acids is 1. The highest BCUT2D eigenvalue weighted by molar-refractivity contribution is 5.81.